The van der Waals surface area contributed by atoms with Crippen molar-refractivity contribution in [2.24, 2.45) is 0 Å². The smallest absolute Gasteiger partial charge is 0.328 e. The van der Waals surface area contributed by atoms with Crippen molar-refractivity contribution < 1.29 is 19.7 Å². The Balaban J connectivity index is 2.19. The molecule has 2 fully saturated rings. The van der Waals surface area contributed by atoms with Crippen LogP contribution in [0.25, 0.3) is 0 Å². The summed E-state index contributed by atoms with van der Waals surface area (Å²) in [6, 6.07) is -0.689. The van der Waals surface area contributed by atoms with Crippen molar-refractivity contribution in [1.82, 2.24) is 4.90 Å². The number of carboxylic acids is 1. The summed E-state index contributed by atoms with van der Waals surface area (Å²) in [5, 5.41) is 17.5. The van der Waals surface area contributed by atoms with Crippen LogP contribution < -0.4 is 0 Å². The molecular weight excluding hydrogens is 174 g/mol. The number of ether oxygens (including phenoxy) is 1. The summed E-state index contributed by atoms with van der Waals surface area (Å²) < 4.78 is 5.32. The maximum absolute atomic E-state index is 10.8. The molecule has 72 valence electrons. The van der Waals surface area contributed by atoms with Crippen LogP contribution in [-0.4, -0.2) is 46.5 Å². The molecule has 5 nitrogen and oxygen atoms in total. The van der Waals surface area contributed by atoms with Gasteiger partial charge in [0.25, 0.3) is 0 Å². The monoisotopic (exact) mass is 185 g/mol. The van der Waals surface area contributed by atoms with E-state index in [-0.39, 0.29) is 12.8 Å². The molecule has 2 aliphatic rings. The molecule has 0 amide bonds. The van der Waals surface area contributed by atoms with Gasteiger partial charge in [0.15, 0.2) is 12.3 Å². The number of aliphatic hydroxyl groups is 1. The number of nitrogens with zero attached hydrogens (tertiary/aromatic N) is 1. The van der Waals surface area contributed by atoms with Gasteiger partial charge in [-0.3, -0.25) is 4.79 Å². The third-order valence-corrected chi connectivity index (χ3v) is 2.40. The molecule has 13 heavy (non-hydrogen) atoms. The Hall–Kier alpha value is -1.07. The largest absolute Gasteiger partial charge is 0.480 e. The number of aliphatic hydroxyl groups excluding tert-OH is 1. The van der Waals surface area contributed by atoms with Crippen molar-refractivity contribution in [3.63, 3.8) is 0 Å². The van der Waals surface area contributed by atoms with Crippen LogP contribution in [-0.2, 0) is 9.53 Å². The van der Waals surface area contributed by atoms with Gasteiger partial charge in [-0.2, -0.15) is 0 Å². The summed E-state index contributed by atoms with van der Waals surface area (Å²) in [6.45, 7) is 0.573. The average molecular weight is 185 g/mol. The fraction of sp³-hybridized carbons (Fsp3) is 0.625. The molecule has 0 aliphatic carbocycles. The predicted molar refractivity (Wildman–Crippen MR) is 42.8 cm³/mol. The predicted octanol–water partition coefficient (Wildman–Crippen LogP) is -0.622. The molecule has 2 saturated heterocycles. The molecular formula is C8H11NO4. The Morgan fingerprint density at radius 3 is 3.00 bits per heavy atom. The van der Waals surface area contributed by atoms with Crippen LogP contribution in [0.2, 0.25) is 0 Å². The molecule has 2 rings (SSSR count). The number of carboxylic acid groups (broad SMARTS) is 1. The number of rotatable bonds is 2. The molecule has 2 N–H and O–H groups in total. The van der Waals surface area contributed by atoms with Crippen molar-refractivity contribution in [3.05, 3.63) is 11.8 Å². The first-order chi connectivity index (χ1) is 6.24. The maximum atomic E-state index is 10.8. The molecule has 0 saturated carbocycles. The molecule has 0 unspecified atom stereocenters. The number of hydrogen-bond acceptors (Lipinski definition) is 4. The zero-order valence-electron chi connectivity index (χ0n) is 7.01. The average Bonchev–Trinajstić information content (AvgIpc) is 2.27. The first kappa shape index (κ1) is 8.52. The molecule has 2 aliphatic heterocycles. The first-order valence-electron chi connectivity index (χ1n) is 4.20. The van der Waals surface area contributed by atoms with Gasteiger partial charge in [0.05, 0.1) is 6.61 Å². The van der Waals surface area contributed by atoms with Gasteiger partial charge < -0.3 is 14.9 Å². The van der Waals surface area contributed by atoms with Gasteiger partial charge >= 0.3 is 5.97 Å². The van der Waals surface area contributed by atoms with E-state index in [2.05, 4.69) is 0 Å². The first-order valence-corrected chi connectivity index (χ1v) is 4.20. The summed E-state index contributed by atoms with van der Waals surface area (Å²) >= 11 is 0. The minimum atomic E-state index is -0.915. The van der Waals surface area contributed by atoms with Crippen molar-refractivity contribution in [3.8, 4) is 0 Å². The third-order valence-electron chi connectivity index (χ3n) is 2.40. The standard InChI is InChI=1S/C8H11NO4/c10-4-2-5-7(8(11)12)9-3-1-6(9)13-5/h2,6-7,10H,1,3-4H2,(H,11,12)/b5-2-/t6-,7-/m1/s1. The van der Waals surface area contributed by atoms with Crippen LogP contribution in [0.1, 0.15) is 6.42 Å². The van der Waals surface area contributed by atoms with E-state index in [1.165, 1.54) is 6.08 Å². The fourth-order valence-electron chi connectivity index (χ4n) is 1.70. The maximum Gasteiger partial charge on any atom is 0.328 e. The highest BCUT2D eigenvalue weighted by Crippen LogP contribution is 2.34. The Labute approximate surface area is 75.2 Å². The van der Waals surface area contributed by atoms with Crippen LogP contribution in [0.4, 0.5) is 0 Å². The van der Waals surface area contributed by atoms with E-state index in [0.29, 0.717) is 5.76 Å². The lowest BCUT2D eigenvalue weighted by Gasteiger charge is -2.33. The molecule has 0 aromatic heterocycles. The Kier molecular flexibility index (Phi) is 1.97. The number of aliphatic carboxylic acids is 1. The minimum Gasteiger partial charge on any atom is -0.480 e. The topological polar surface area (TPSA) is 70.0 Å². The summed E-state index contributed by atoms with van der Waals surface area (Å²) in [6.07, 6.45) is 2.20. The summed E-state index contributed by atoms with van der Waals surface area (Å²) in [5.41, 5.74) is 0. The summed E-state index contributed by atoms with van der Waals surface area (Å²) in [4.78, 5) is 12.6. The third kappa shape index (κ3) is 1.20. The van der Waals surface area contributed by atoms with E-state index in [4.69, 9.17) is 14.9 Å². The quantitative estimate of drug-likeness (QED) is 0.600. The highest BCUT2D eigenvalue weighted by Gasteiger charge is 2.48. The van der Waals surface area contributed by atoms with Crippen LogP contribution in [0.15, 0.2) is 11.8 Å². The lowest BCUT2D eigenvalue weighted by molar-refractivity contribution is -0.144. The zero-order chi connectivity index (χ0) is 9.42. The van der Waals surface area contributed by atoms with Crippen molar-refractivity contribution >= 4 is 5.97 Å². The molecule has 0 radical (unpaired) electrons. The van der Waals surface area contributed by atoms with Gasteiger partial charge in [-0.05, 0) is 6.08 Å². The van der Waals surface area contributed by atoms with Gasteiger partial charge in [0.1, 0.15) is 5.76 Å². The Morgan fingerprint density at radius 1 is 1.77 bits per heavy atom. The highest BCUT2D eigenvalue weighted by atomic mass is 16.5. The number of carbonyl (C=O) groups is 1. The fourth-order valence-corrected chi connectivity index (χ4v) is 1.70. The molecule has 5 heteroatoms. The van der Waals surface area contributed by atoms with E-state index in [1.807, 2.05) is 0 Å². The van der Waals surface area contributed by atoms with E-state index in [9.17, 15) is 4.79 Å². The normalized spacial score (nSPS) is 35.3. The Bertz CT molecular complexity index is 263. The molecule has 2 atom stereocenters. The van der Waals surface area contributed by atoms with Gasteiger partial charge in [-0.15, -0.1) is 0 Å². The molecule has 2 heterocycles. The second-order valence-electron chi connectivity index (χ2n) is 3.13. The molecule has 0 bridgehead atoms. The van der Waals surface area contributed by atoms with E-state index in [0.717, 1.165) is 13.0 Å². The van der Waals surface area contributed by atoms with Crippen LogP contribution in [0.3, 0.4) is 0 Å². The molecule has 0 aromatic rings. The van der Waals surface area contributed by atoms with Crippen molar-refractivity contribution in [2.75, 3.05) is 13.2 Å². The van der Waals surface area contributed by atoms with Gasteiger partial charge in [-0.1, -0.05) is 0 Å². The molecule has 0 aromatic carbocycles. The second-order valence-corrected chi connectivity index (χ2v) is 3.13. The summed E-state index contributed by atoms with van der Waals surface area (Å²) in [5.74, 6) is -0.542. The lowest BCUT2D eigenvalue weighted by Crippen LogP contribution is -2.50. The van der Waals surface area contributed by atoms with Crippen molar-refractivity contribution in [2.45, 2.75) is 18.7 Å². The van der Waals surface area contributed by atoms with E-state index < -0.39 is 12.0 Å². The summed E-state index contributed by atoms with van der Waals surface area (Å²) in [7, 11) is 0. The van der Waals surface area contributed by atoms with Gasteiger partial charge in [0, 0.05) is 13.0 Å². The molecule has 0 spiro atoms. The minimum absolute atomic E-state index is 0.0844. The highest BCUT2D eigenvalue weighted by molar-refractivity contribution is 5.77. The second kappa shape index (κ2) is 3.01. The van der Waals surface area contributed by atoms with Crippen LogP contribution in [0, 0.1) is 0 Å². The zero-order valence-corrected chi connectivity index (χ0v) is 7.01. The van der Waals surface area contributed by atoms with E-state index in [1.54, 1.807) is 4.90 Å². The lowest BCUT2D eigenvalue weighted by atomic mass is 10.1. The number of fused-ring (bicyclic) bond motifs is 1. The van der Waals surface area contributed by atoms with Crippen LogP contribution in [0.5, 0.6) is 0 Å². The van der Waals surface area contributed by atoms with Gasteiger partial charge in [-0.25, -0.2) is 4.90 Å². The Morgan fingerprint density at radius 2 is 2.54 bits per heavy atom. The van der Waals surface area contributed by atoms with Gasteiger partial charge in [0.2, 0.25) is 0 Å². The van der Waals surface area contributed by atoms with E-state index >= 15 is 0 Å². The number of hydrogen-bond donors (Lipinski definition) is 2. The van der Waals surface area contributed by atoms with Crippen molar-refractivity contribution in [1.29, 1.82) is 0 Å². The SMILES string of the molecule is O=C(O)[C@H]1/C(=C/CO)O[C@@H]2CCN21. The van der Waals surface area contributed by atoms with Crippen LogP contribution >= 0.6 is 0 Å².